The normalized spacial score (nSPS) is 25.3. The minimum Gasteiger partial charge on any atom is -0.487 e. The highest BCUT2D eigenvalue weighted by atomic mass is 16.7. The fraction of sp³-hybridized carbons (Fsp3) is 0.540. The lowest BCUT2D eigenvalue weighted by atomic mass is 9.55. The molecular weight excluding hydrogens is 787 g/mol. The van der Waals surface area contributed by atoms with Crippen LogP contribution < -0.4 is 18.9 Å². The van der Waals surface area contributed by atoms with Crippen LogP contribution >= 0.6 is 0 Å². The molecule has 0 radical (unpaired) electrons. The lowest BCUT2D eigenvalue weighted by Crippen LogP contribution is -2.70. The van der Waals surface area contributed by atoms with Crippen molar-refractivity contribution in [2.45, 2.75) is 122 Å². The highest BCUT2D eigenvalue weighted by Crippen LogP contribution is 2.62. The predicted octanol–water partition coefficient (Wildman–Crippen LogP) is 8.57. The summed E-state index contributed by atoms with van der Waals surface area (Å²) in [6, 6.07) is 17.2. The first kappa shape index (κ1) is 43.7. The number of nitrogens with zero attached hydrogens (tertiary/aromatic N) is 3. The molecule has 332 valence electrons. The van der Waals surface area contributed by atoms with E-state index in [2.05, 4.69) is 23.7 Å². The average Bonchev–Trinajstić information content (AvgIpc) is 4.01. The molecule has 2 aromatic carbocycles. The van der Waals surface area contributed by atoms with E-state index in [4.69, 9.17) is 33.7 Å². The second-order valence-corrected chi connectivity index (χ2v) is 18.5. The molecule has 3 aliphatic carbocycles. The lowest BCUT2D eigenvalue weighted by molar-refractivity contribution is -0.258. The highest BCUT2D eigenvalue weighted by Gasteiger charge is 2.66. The third kappa shape index (κ3) is 9.38. The number of carbonyl (C=O) groups is 1. The minimum atomic E-state index is -1.36. The Hall–Kier alpha value is -4.91. The topological polar surface area (TPSA) is 141 Å². The Labute approximate surface area is 365 Å². The van der Waals surface area contributed by atoms with E-state index in [-0.39, 0.29) is 56.2 Å². The molecule has 1 aromatic heterocycles. The molecule has 2 fully saturated rings. The number of aryl methyl sites for hydroxylation is 1. The number of hydrogen-bond acceptors (Lipinski definition) is 11. The van der Waals surface area contributed by atoms with Gasteiger partial charge in [0.1, 0.15) is 29.7 Å². The van der Waals surface area contributed by atoms with Crippen molar-refractivity contribution in [3.05, 3.63) is 101 Å². The summed E-state index contributed by atoms with van der Waals surface area (Å²) in [6.07, 6.45) is 10.8. The molecular formula is C50H63N3O9. The van der Waals surface area contributed by atoms with Crippen LogP contribution in [0.4, 0.5) is 0 Å². The molecule has 3 aromatic rings. The predicted molar refractivity (Wildman–Crippen MR) is 235 cm³/mol. The Morgan fingerprint density at radius 3 is 2.52 bits per heavy atom. The van der Waals surface area contributed by atoms with Crippen LogP contribution in [0.2, 0.25) is 0 Å². The van der Waals surface area contributed by atoms with Gasteiger partial charge in [0.15, 0.2) is 11.5 Å². The number of aliphatic hydroxyl groups excluding tert-OH is 2. The zero-order valence-electron chi connectivity index (χ0n) is 36.7. The molecule has 0 spiro atoms. The van der Waals surface area contributed by atoms with E-state index in [1.165, 1.54) is 0 Å². The number of allylic oxidation sites excluding steroid dienone is 1. The number of rotatable bonds is 19. The van der Waals surface area contributed by atoms with Crippen LogP contribution in [0.25, 0.3) is 0 Å². The molecule has 12 nitrogen and oxygen atoms in total. The smallest absolute Gasteiger partial charge is 0.239 e. The molecule has 12 heteroatoms. The van der Waals surface area contributed by atoms with E-state index in [9.17, 15) is 15.0 Å². The summed E-state index contributed by atoms with van der Waals surface area (Å²) < 4.78 is 32.6. The van der Waals surface area contributed by atoms with E-state index in [0.717, 1.165) is 72.3 Å². The van der Waals surface area contributed by atoms with Crippen molar-refractivity contribution in [1.82, 2.24) is 9.88 Å². The van der Waals surface area contributed by atoms with Gasteiger partial charge in [0.25, 0.3) is 0 Å². The van der Waals surface area contributed by atoms with E-state index >= 15 is 0 Å². The van der Waals surface area contributed by atoms with Crippen molar-refractivity contribution < 1.29 is 43.5 Å². The maximum atomic E-state index is 14.9. The summed E-state index contributed by atoms with van der Waals surface area (Å²) in [6.45, 7) is 13.2. The van der Waals surface area contributed by atoms with Crippen molar-refractivity contribution in [2.75, 3.05) is 26.6 Å². The molecule has 0 saturated heterocycles. The molecule has 2 aliphatic heterocycles. The zero-order chi connectivity index (χ0) is 43.4. The van der Waals surface area contributed by atoms with Crippen LogP contribution in [-0.4, -0.2) is 75.8 Å². The van der Waals surface area contributed by atoms with Crippen LogP contribution in [0.3, 0.4) is 0 Å². The fourth-order valence-electron chi connectivity index (χ4n) is 9.91. The number of unbranched alkanes of at least 4 members (excludes halogenated alkanes) is 2. The number of benzene rings is 2. The maximum absolute atomic E-state index is 14.9. The van der Waals surface area contributed by atoms with Gasteiger partial charge in [-0.1, -0.05) is 42.3 Å². The first-order chi connectivity index (χ1) is 30.0. The quantitative estimate of drug-likeness (QED) is 0.0685. The second kappa shape index (κ2) is 18.8. The Morgan fingerprint density at radius 1 is 1.00 bits per heavy atom. The molecule has 0 bridgehead atoms. The lowest BCUT2D eigenvalue weighted by Gasteiger charge is -2.60. The van der Waals surface area contributed by atoms with Gasteiger partial charge >= 0.3 is 0 Å². The number of hydrogen-bond donors (Lipinski definition) is 2. The van der Waals surface area contributed by atoms with Gasteiger partial charge in [-0.3, -0.25) is 9.78 Å². The number of aromatic nitrogens is 1. The Kier molecular flexibility index (Phi) is 13.3. The number of fused-ring (bicyclic) bond motifs is 3. The third-order valence-corrected chi connectivity index (χ3v) is 12.8. The van der Waals surface area contributed by atoms with E-state index < -0.39 is 23.3 Å². The molecule has 5 aliphatic rings. The number of oxime groups is 1. The van der Waals surface area contributed by atoms with Gasteiger partial charge in [0.05, 0.1) is 23.9 Å². The van der Waals surface area contributed by atoms with Crippen molar-refractivity contribution in [3.63, 3.8) is 0 Å². The number of aliphatic hydroxyl groups is 2. The molecule has 8 rings (SSSR count). The molecule has 6 unspecified atom stereocenters. The molecule has 62 heavy (non-hydrogen) atoms. The molecule has 1 amide bonds. The van der Waals surface area contributed by atoms with E-state index in [0.29, 0.717) is 55.4 Å². The standard InChI is InChI=1S/C50H63N3O9/c1-6-24-60-50-45(53(48(56)34-17-18-34)29-33-16-20-43-44(25-33)59-31-58-43)28-41(52-62-49(3,4)5)39-26-35(13-7-9-22-54)38(15-8-10-23-55)46(47(39)50)40-27-37(19-21-42(40)61-50)57-30-36-14-11-12-32(2)51-36/h6,11-12,14,16,19-21,25-27,34-35,38,45-47,54-55H,1,7-10,13,15,17-18,22-24,28-31H2,2-5H3. The van der Waals surface area contributed by atoms with Gasteiger partial charge in [-0.25, -0.2) is 0 Å². The number of carbonyl (C=O) groups excluding carboxylic acids is 1. The van der Waals surface area contributed by atoms with Crippen LogP contribution in [-0.2, 0) is 27.5 Å². The molecule has 2 saturated carbocycles. The Bertz CT molecular complexity index is 2140. The third-order valence-electron chi connectivity index (χ3n) is 12.8. The summed E-state index contributed by atoms with van der Waals surface area (Å²) in [5.41, 5.74) is 4.84. The summed E-state index contributed by atoms with van der Waals surface area (Å²) in [5, 5.41) is 25.0. The van der Waals surface area contributed by atoms with E-state index in [1.54, 1.807) is 6.08 Å². The van der Waals surface area contributed by atoms with Gasteiger partial charge in [-0.05, 0) is 132 Å². The van der Waals surface area contributed by atoms with Crippen molar-refractivity contribution in [1.29, 1.82) is 0 Å². The molecule has 3 heterocycles. The zero-order valence-corrected chi connectivity index (χ0v) is 36.7. The summed E-state index contributed by atoms with van der Waals surface area (Å²) in [5.74, 6) is 0.878. The summed E-state index contributed by atoms with van der Waals surface area (Å²) >= 11 is 0. The number of amides is 1. The molecule has 6 atom stereocenters. The largest absolute Gasteiger partial charge is 0.487 e. The van der Waals surface area contributed by atoms with Crippen molar-refractivity contribution >= 4 is 11.6 Å². The number of ether oxygens (including phenoxy) is 5. The Balaban J connectivity index is 1.32. The van der Waals surface area contributed by atoms with Gasteiger partial charge < -0.3 is 43.6 Å². The van der Waals surface area contributed by atoms with Gasteiger partial charge in [0, 0.05) is 49.3 Å². The second-order valence-electron chi connectivity index (χ2n) is 18.5. The van der Waals surface area contributed by atoms with Crippen LogP contribution in [0, 0.1) is 30.6 Å². The van der Waals surface area contributed by atoms with Gasteiger partial charge in [0.2, 0.25) is 18.5 Å². The fourth-order valence-corrected chi connectivity index (χ4v) is 9.91. The van der Waals surface area contributed by atoms with Crippen LogP contribution in [0.15, 0.2) is 84.1 Å². The van der Waals surface area contributed by atoms with Crippen LogP contribution in [0.5, 0.6) is 23.0 Å². The van der Waals surface area contributed by atoms with Crippen molar-refractivity contribution in [2.24, 2.45) is 28.8 Å². The average molecular weight is 850 g/mol. The van der Waals surface area contributed by atoms with Gasteiger partial charge in [-0.2, -0.15) is 0 Å². The van der Waals surface area contributed by atoms with Crippen molar-refractivity contribution in [3.8, 4) is 23.0 Å². The summed E-state index contributed by atoms with van der Waals surface area (Å²) in [4.78, 5) is 27.9. The van der Waals surface area contributed by atoms with E-state index in [1.807, 2.05) is 81.1 Å². The monoisotopic (exact) mass is 849 g/mol. The maximum Gasteiger partial charge on any atom is 0.239 e. The number of pyridine rings is 1. The minimum absolute atomic E-state index is 0.0504. The first-order valence-electron chi connectivity index (χ1n) is 22.5. The van der Waals surface area contributed by atoms with Crippen LogP contribution in [0.1, 0.15) is 107 Å². The SMILES string of the molecule is C=CCOC12Oc3ccc(OCc4cccc(C)n4)cc3C3C(CCCCO)C(CCCCO)C=C(C(=NOC(C)(C)C)CC1N(Cc1ccc4c(c1)OCO4)C(=O)C1CC1)C32. The van der Waals surface area contributed by atoms with Gasteiger partial charge in [-0.15, -0.1) is 6.58 Å². The molecule has 2 N–H and O–H groups in total. The summed E-state index contributed by atoms with van der Waals surface area (Å²) in [7, 11) is 0. The highest BCUT2D eigenvalue weighted by molar-refractivity contribution is 6.03. The first-order valence-corrected chi connectivity index (χ1v) is 22.5. The Morgan fingerprint density at radius 2 is 1.77 bits per heavy atom.